The van der Waals surface area contributed by atoms with Gasteiger partial charge in [0, 0.05) is 12.5 Å². The molecule has 2 N–H and O–H groups in total. The Bertz CT molecular complexity index is 912. The summed E-state index contributed by atoms with van der Waals surface area (Å²) in [4.78, 5) is -0.536. The second-order valence-corrected chi connectivity index (χ2v) is 7.60. The number of aromatic hydroxyl groups is 1. The number of nitrogens with zero attached hydrogens (tertiary/aromatic N) is 1. The lowest BCUT2D eigenvalue weighted by Crippen LogP contribution is -2.42. The number of aliphatic hydroxyl groups excluding tert-OH is 1. The predicted octanol–water partition coefficient (Wildman–Crippen LogP) is 2.52. The van der Waals surface area contributed by atoms with Gasteiger partial charge in [-0.25, -0.2) is 8.42 Å². The molecule has 3 rings (SSSR count). The molecule has 0 fully saturated rings. The van der Waals surface area contributed by atoms with E-state index in [0.717, 1.165) is 22.5 Å². The fraction of sp³-hybridized carbons (Fsp3) is 0.250. The van der Waals surface area contributed by atoms with Gasteiger partial charge in [0.1, 0.15) is 5.75 Å². The third-order valence-electron chi connectivity index (χ3n) is 3.92. The lowest BCUT2D eigenvalue weighted by Gasteiger charge is -2.33. The number of rotatable bonds is 2. The molecule has 25 heavy (non-hydrogen) atoms. The standard InChI is InChI=1S/C16H14F3NO4S/c17-16(18,19)11-2-1-3-14(7-11)25(23,24)20-9-13(22)6-10-4-5-12(21)8-15(10)20/h1-5,7-8,13,21-22H,6,9H2/t13-/m0/s1. The minimum Gasteiger partial charge on any atom is -0.508 e. The van der Waals surface area contributed by atoms with Crippen LogP contribution in [0.4, 0.5) is 18.9 Å². The number of hydrogen-bond donors (Lipinski definition) is 2. The fourth-order valence-corrected chi connectivity index (χ4v) is 4.33. The number of anilines is 1. The fourth-order valence-electron chi connectivity index (χ4n) is 2.75. The van der Waals surface area contributed by atoms with Crippen LogP contribution >= 0.6 is 0 Å². The number of hydrogen-bond acceptors (Lipinski definition) is 4. The lowest BCUT2D eigenvalue weighted by atomic mass is 10.0. The summed E-state index contributed by atoms with van der Waals surface area (Å²) in [6.07, 6.45) is -5.49. The topological polar surface area (TPSA) is 77.8 Å². The van der Waals surface area contributed by atoms with Gasteiger partial charge in [-0.2, -0.15) is 13.2 Å². The number of fused-ring (bicyclic) bond motifs is 1. The van der Waals surface area contributed by atoms with Crippen LogP contribution < -0.4 is 4.31 Å². The molecule has 0 bridgehead atoms. The Kier molecular flexibility index (Phi) is 4.16. The number of halogens is 3. The maximum Gasteiger partial charge on any atom is 0.416 e. The minimum absolute atomic E-state index is 0.141. The first-order valence-electron chi connectivity index (χ1n) is 7.29. The predicted molar refractivity (Wildman–Crippen MR) is 83.8 cm³/mol. The van der Waals surface area contributed by atoms with E-state index in [1.165, 1.54) is 18.2 Å². The van der Waals surface area contributed by atoms with Crippen LogP contribution in [0, 0.1) is 0 Å². The van der Waals surface area contributed by atoms with Crippen molar-refractivity contribution >= 4 is 15.7 Å². The van der Waals surface area contributed by atoms with Crippen molar-refractivity contribution in [1.29, 1.82) is 0 Å². The van der Waals surface area contributed by atoms with Crippen molar-refractivity contribution in [3.63, 3.8) is 0 Å². The summed E-state index contributed by atoms with van der Waals surface area (Å²) in [5.41, 5.74) is -0.461. The summed E-state index contributed by atoms with van der Waals surface area (Å²) in [7, 11) is -4.35. The Labute approximate surface area is 142 Å². The van der Waals surface area contributed by atoms with Crippen molar-refractivity contribution in [3.05, 3.63) is 53.6 Å². The number of sulfonamides is 1. The molecule has 0 radical (unpaired) electrons. The van der Waals surface area contributed by atoms with Crippen LogP contribution in [0.25, 0.3) is 0 Å². The van der Waals surface area contributed by atoms with Crippen LogP contribution in [-0.4, -0.2) is 31.3 Å². The Hall–Kier alpha value is -2.26. The van der Waals surface area contributed by atoms with Crippen molar-refractivity contribution in [1.82, 2.24) is 0 Å². The molecule has 0 amide bonds. The monoisotopic (exact) mass is 373 g/mol. The van der Waals surface area contributed by atoms with Crippen LogP contribution in [0.5, 0.6) is 5.75 Å². The maximum atomic E-state index is 12.9. The zero-order chi connectivity index (χ0) is 18.4. The van der Waals surface area contributed by atoms with E-state index in [1.54, 1.807) is 0 Å². The molecule has 0 saturated heterocycles. The average molecular weight is 373 g/mol. The normalized spacial score (nSPS) is 18.1. The summed E-state index contributed by atoms with van der Waals surface area (Å²) in [5, 5.41) is 19.6. The molecule has 1 atom stereocenters. The van der Waals surface area contributed by atoms with E-state index in [-0.39, 0.29) is 24.4 Å². The second-order valence-electron chi connectivity index (χ2n) is 5.73. The van der Waals surface area contributed by atoms with Crippen LogP contribution in [-0.2, 0) is 22.6 Å². The summed E-state index contributed by atoms with van der Waals surface area (Å²) >= 11 is 0. The van der Waals surface area contributed by atoms with Gasteiger partial charge in [0.2, 0.25) is 0 Å². The molecule has 2 aromatic carbocycles. The van der Waals surface area contributed by atoms with Crippen molar-refractivity contribution in [2.24, 2.45) is 0 Å². The van der Waals surface area contributed by atoms with Crippen LogP contribution in [0.3, 0.4) is 0 Å². The first-order valence-corrected chi connectivity index (χ1v) is 8.73. The number of β-amino-alcohol motifs (C(OH)–C–C–N with tert-alkyl or cyclic N) is 1. The van der Waals surface area contributed by atoms with Gasteiger partial charge < -0.3 is 10.2 Å². The molecule has 0 aliphatic carbocycles. The molecule has 1 aliphatic rings. The highest BCUT2D eigenvalue weighted by Gasteiger charge is 2.35. The minimum atomic E-state index is -4.68. The van der Waals surface area contributed by atoms with Crippen molar-refractivity contribution in [3.8, 4) is 5.75 Å². The Morgan fingerprint density at radius 2 is 1.84 bits per heavy atom. The molecule has 0 unspecified atom stereocenters. The van der Waals surface area contributed by atoms with Crippen LogP contribution in [0.2, 0.25) is 0 Å². The molecular weight excluding hydrogens is 359 g/mol. The van der Waals surface area contributed by atoms with E-state index < -0.39 is 32.8 Å². The van der Waals surface area contributed by atoms with Gasteiger partial charge in [0.15, 0.2) is 0 Å². The van der Waals surface area contributed by atoms with E-state index in [2.05, 4.69) is 0 Å². The summed E-state index contributed by atoms with van der Waals surface area (Å²) in [6, 6.07) is 7.45. The summed E-state index contributed by atoms with van der Waals surface area (Å²) in [5.74, 6) is -0.181. The van der Waals surface area contributed by atoms with Gasteiger partial charge in [-0.1, -0.05) is 12.1 Å². The average Bonchev–Trinajstić information content (AvgIpc) is 2.54. The molecular formula is C16H14F3NO4S. The number of benzene rings is 2. The highest BCUT2D eigenvalue weighted by Crippen LogP contribution is 2.36. The molecule has 134 valence electrons. The number of alkyl halides is 3. The molecule has 9 heteroatoms. The first-order chi connectivity index (χ1) is 11.6. The maximum absolute atomic E-state index is 12.9. The quantitative estimate of drug-likeness (QED) is 0.848. The van der Waals surface area contributed by atoms with E-state index in [9.17, 15) is 31.8 Å². The second kappa shape index (κ2) is 5.92. The third-order valence-corrected chi connectivity index (χ3v) is 5.69. The van der Waals surface area contributed by atoms with E-state index in [0.29, 0.717) is 11.6 Å². The van der Waals surface area contributed by atoms with Crippen LogP contribution in [0.1, 0.15) is 11.1 Å². The molecule has 5 nitrogen and oxygen atoms in total. The van der Waals surface area contributed by atoms with Gasteiger partial charge in [-0.05, 0) is 29.8 Å². The highest BCUT2D eigenvalue weighted by molar-refractivity contribution is 7.92. The highest BCUT2D eigenvalue weighted by atomic mass is 32.2. The van der Waals surface area contributed by atoms with Gasteiger partial charge in [-0.15, -0.1) is 0 Å². The molecule has 2 aromatic rings. The van der Waals surface area contributed by atoms with Gasteiger partial charge in [0.05, 0.1) is 28.8 Å². The molecule has 0 saturated carbocycles. The Morgan fingerprint density at radius 3 is 2.52 bits per heavy atom. The largest absolute Gasteiger partial charge is 0.508 e. The Balaban J connectivity index is 2.11. The molecule has 0 spiro atoms. The van der Waals surface area contributed by atoms with Crippen molar-refractivity contribution in [2.75, 3.05) is 10.8 Å². The molecule has 1 aliphatic heterocycles. The van der Waals surface area contributed by atoms with E-state index in [4.69, 9.17) is 0 Å². The Morgan fingerprint density at radius 1 is 1.12 bits per heavy atom. The number of phenols is 1. The van der Waals surface area contributed by atoms with E-state index >= 15 is 0 Å². The SMILES string of the molecule is O=S(=O)(c1cccc(C(F)(F)F)c1)N1C[C@@H](O)Cc2ccc(O)cc21. The zero-order valence-corrected chi connectivity index (χ0v) is 13.5. The zero-order valence-electron chi connectivity index (χ0n) is 12.7. The van der Waals surface area contributed by atoms with Gasteiger partial charge >= 0.3 is 6.18 Å². The first kappa shape index (κ1) is 17.6. The van der Waals surface area contributed by atoms with Gasteiger partial charge in [0.25, 0.3) is 10.0 Å². The van der Waals surface area contributed by atoms with Crippen molar-refractivity contribution in [2.45, 2.75) is 23.6 Å². The van der Waals surface area contributed by atoms with E-state index in [1.807, 2.05) is 0 Å². The smallest absolute Gasteiger partial charge is 0.416 e. The van der Waals surface area contributed by atoms with Crippen LogP contribution in [0.15, 0.2) is 47.4 Å². The van der Waals surface area contributed by atoms with Gasteiger partial charge in [-0.3, -0.25) is 4.31 Å². The molecule has 1 heterocycles. The van der Waals surface area contributed by atoms with Crippen molar-refractivity contribution < 1.29 is 31.8 Å². The third kappa shape index (κ3) is 3.29. The molecule has 0 aromatic heterocycles. The summed E-state index contributed by atoms with van der Waals surface area (Å²) < 4.78 is 65.1. The summed E-state index contributed by atoms with van der Waals surface area (Å²) in [6.45, 7) is -0.310. The number of phenolic OH excluding ortho intramolecular Hbond substituents is 1. The number of aliphatic hydroxyl groups is 1. The lowest BCUT2D eigenvalue weighted by molar-refractivity contribution is -0.137.